The standard InChI is InChI=1S/C29H18BrF12NO2.C29H19F12NO2/c30-21-11-16(26(33,28(37,38)39)29(40,41)42)10-20(27(34,35)36)19(21)12-23(44)18-2-1-3-22(24(18)32)43(13-14-4-5-14)25(45)15-6-8-17(31)9-7-15;30-19-10-7-16(8-11-19)25(44)42(14-15-4-5-15)22-3-1-2-20(24(22)31)23(43)12-17-6-9-18(13-21(17)27(33,34)35)26(32,28(36,37)38)29(39,40)41/h1-3,6-11,14H,4-5,12-13H2;1-3,6-11,13,15H,4-5,12,14H2. The molecule has 2 saturated carbocycles. The van der Waals surface area contributed by atoms with Gasteiger partial charge in [0.25, 0.3) is 11.8 Å². The first kappa shape index (κ1) is 68.9. The number of nitrogens with zero attached hydrogens (tertiary/aromatic N) is 2. The molecule has 0 spiro atoms. The minimum Gasteiger partial charge on any atom is -0.305 e. The zero-order chi connectivity index (χ0) is 66.5. The number of alkyl halides is 20. The van der Waals surface area contributed by atoms with E-state index in [2.05, 4.69) is 15.9 Å². The summed E-state index contributed by atoms with van der Waals surface area (Å²) in [5.41, 5.74) is -26.6. The topological polar surface area (TPSA) is 74.8 Å². The van der Waals surface area contributed by atoms with E-state index in [4.69, 9.17) is 0 Å². The predicted molar refractivity (Wildman–Crippen MR) is 271 cm³/mol. The van der Waals surface area contributed by atoms with Crippen molar-refractivity contribution in [3.63, 3.8) is 0 Å². The van der Waals surface area contributed by atoms with Gasteiger partial charge in [-0.1, -0.05) is 40.2 Å². The number of anilines is 2. The first-order valence-electron chi connectivity index (χ1n) is 25.5. The number of hydrogen-bond donors (Lipinski definition) is 0. The number of benzene rings is 6. The zero-order valence-electron chi connectivity index (χ0n) is 44.3. The van der Waals surface area contributed by atoms with Crippen LogP contribution >= 0.6 is 15.9 Å². The lowest BCUT2D eigenvalue weighted by Gasteiger charge is -2.31. The van der Waals surface area contributed by atoms with Gasteiger partial charge in [0, 0.05) is 52.7 Å². The van der Waals surface area contributed by atoms with E-state index in [9.17, 15) is 116 Å². The first-order chi connectivity index (χ1) is 40.9. The molecule has 8 rings (SSSR count). The summed E-state index contributed by atoms with van der Waals surface area (Å²) in [7, 11) is 0. The van der Waals surface area contributed by atoms with Crippen LogP contribution in [-0.4, -0.2) is 61.2 Å². The van der Waals surface area contributed by atoms with Gasteiger partial charge < -0.3 is 9.80 Å². The molecule has 0 unspecified atom stereocenters. The molecule has 2 aliphatic carbocycles. The highest BCUT2D eigenvalue weighted by molar-refractivity contribution is 9.10. The van der Waals surface area contributed by atoms with Crippen molar-refractivity contribution in [1.29, 1.82) is 0 Å². The Morgan fingerprint density at radius 1 is 0.427 bits per heavy atom. The van der Waals surface area contributed by atoms with Crippen molar-refractivity contribution in [2.75, 3.05) is 22.9 Å². The summed E-state index contributed by atoms with van der Waals surface area (Å²) in [4.78, 5) is 54.5. The summed E-state index contributed by atoms with van der Waals surface area (Å²) < 4.78 is 328. The third-order valence-electron chi connectivity index (χ3n) is 14.0. The minimum atomic E-state index is -6.72. The first-order valence-corrected chi connectivity index (χ1v) is 26.2. The molecule has 89 heavy (non-hydrogen) atoms. The van der Waals surface area contributed by atoms with Crippen molar-refractivity contribution >= 4 is 50.7 Å². The molecular formula is C58H37BrF24N2O4. The molecule has 0 aliphatic heterocycles. The van der Waals surface area contributed by atoms with Gasteiger partial charge in [-0.05, 0) is 140 Å². The van der Waals surface area contributed by atoms with Gasteiger partial charge in [-0.2, -0.15) is 79.0 Å². The second kappa shape index (κ2) is 25.0. The van der Waals surface area contributed by atoms with E-state index >= 15 is 8.78 Å². The summed E-state index contributed by atoms with van der Waals surface area (Å²) in [6.45, 7) is -0.0484. The van der Waals surface area contributed by atoms with Crippen LogP contribution in [0.3, 0.4) is 0 Å². The molecule has 0 saturated heterocycles. The lowest BCUT2D eigenvalue weighted by atomic mass is 9.89. The zero-order valence-corrected chi connectivity index (χ0v) is 45.8. The summed E-state index contributed by atoms with van der Waals surface area (Å²) >= 11 is 2.43. The summed E-state index contributed by atoms with van der Waals surface area (Å²) in [6, 6.07) is 13.0. The Morgan fingerprint density at radius 3 is 1.15 bits per heavy atom. The SMILES string of the molecule is O=C(Cc1c(Br)cc(C(F)(C(F)(F)F)C(F)(F)F)cc1C(F)(F)F)c1cccc(N(CC2CC2)C(=O)c2ccc(F)cc2)c1F.O=C(Cc1ccc(C(F)(C(F)(F)F)C(F)(F)F)cc1C(F)(F)F)c1cccc(N(CC2CC2)C(=O)c2ccc(F)cc2)c1F. The quantitative estimate of drug-likeness (QED) is 0.0715. The summed E-state index contributed by atoms with van der Waals surface area (Å²) in [5.74, 6) is -8.43. The van der Waals surface area contributed by atoms with E-state index in [1.54, 1.807) is 0 Å². The van der Waals surface area contributed by atoms with E-state index in [0.29, 0.717) is 25.7 Å². The monoisotopic (exact) mass is 1360 g/mol. The Balaban J connectivity index is 0.000000254. The van der Waals surface area contributed by atoms with Crippen LogP contribution in [0.1, 0.15) is 100 Å². The molecule has 2 fully saturated rings. The molecule has 2 amide bonds. The average Bonchev–Trinajstić information content (AvgIpc) is 1.61. The van der Waals surface area contributed by atoms with Gasteiger partial charge in [0.05, 0.1) is 33.6 Å². The highest BCUT2D eigenvalue weighted by Gasteiger charge is 2.75. The highest BCUT2D eigenvalue weighted by atomic mass is 79.9. The number of ketones is 2. The molecule has 478 valence electrons. The molecule has 0 radical (unpaired) electrons. The van der Waals surface area contributed by atoms with Crippen LogP contribution in [-0.2, 0) is 36.5 Å². The number of rotatable bonds is 16. The minimum absolute atomic E-state index is 0.0200. The average molecular weight is 1360 g/mol. The van der Waals surface area contributed by atoms with Crippen LogP contribution in [0.25, 0.3) is 0 Å². The van der Waals surface area contributed by atoms with Crippen molar-refractivity contribution in [2.24, 2.45) is 11.8 Å². The third kappa shape index (κ3) is 14.7. The fourth-order valence-corrected chi connectivity index (χ4v) is 9.66. The Morgan fingerprint density at radius 2 is 0.787 bits per heavy atom. The van der Waals surface area contributed by atoms with E-state index in [-0.39, 0.29) is 54.3 Å². The van der Waals surface area contributed by atoms with Crippen LogP contribution in [0.2, 0.25) is 0 Å². The van der Waals surface area contributed by atoms with Crippen LogP contribution in [0.4, 0.5) is 117 Å². The molecule has 6 aromatic carbocycles. The van der Waals surface area contributed by atoms with Gasteiger partial charge in [0.1, 0.15) is 11.6 Å². The second-order valence-electron chi connectivity index (χ2n) is 20.4. The maximum Gasteiger partial charge on any atom is 0.435 e. The van der Waals surface area contributed by atoms with Crippen molar-refractivity contribution in [1.82, 2.24) is 0 Å². The van der Waals surface area contributed by atoms with Crippen molar-refractivity contribution in [2.45, 2.75) is 86.9 Å². The molecule has 2 aliphatic rings. The summed E-state index contributed by atoms with van der Waals surface area (Å²) in [5, 5.41) is 0. The van der Waals surface area contributed by atoms with Crippen LogP contribution < -0.4 is 9.80 Å². The van der Waals surface area contributed by atoms with Crippen molar-refractivity contribution in [3.8, 4) is 0 Å². The number of hydrogen-bond acceptors (Lipinski definition) is 4. The van der Waals surface area contributed by atoms with Crippen LogP contribution in [0, 0.1) is 35.1 Å². The number of amides is 2. The lowest BCUT2D eigenvalue weighted by molar-refractivity contribution is -0.349. The largest absolute Gasteiger partial charge is 0.435 e. The van der Waals surface area contributed by atoms with Gasteiger partial charge in [0.15, 0.2) is 23.2 Å². The smallest absolute Gasteiger partial charge is 0.305 e. The van der Waals surface area contributed by atoms with Gasteiger partial charge in [-0.15, -0.1) is 0 Å². The van der Waals surface area contributed by atoms with E-state index in [1.807, 2.05) is 0 Å². The number of halogens is 25. The van der Waals surface area contributed by atoms with Crippen molar-refractivity contribution < 1.29 is 125 Å². The Labute approximate surface area is 494 Å². The fraction of sp³-hybridized carbons (Fsp3) is 0.310. The maximum atomic E-state index is 15.8. The molecule has 31 heteroatoms. The highest BCUT2D eigenvalue weighted by Crippen LogP contribution is 2.56. The predicted octanol–water partition coefficient (Wildman–Crippen LogP) is 18.3. The molecule has 6 nitrogen and oxygen atoms in total. The Bertz CT molecular complexity index is 3610. The molecular weight excluding hydrogens is 1320 g/mol. The number of carbonyl (C=O) groups is 4. The van der Waals surface area contributed by atoms with Gasteiger partial charge in [0.2, 0.25) is 0 Å². The normalized spacial score (nSPS) is 14.4. The Hall–Kier alpha value is -7.60. The van der Waals surface area contributed by atoms with E-state index < -0.39 is 180 Å². The number of carbonyl (C=O) groups excluding carboxylic acids is 4. The van der Waals surface area contributed by atoms with Crippen LogP contribution in [0.15, 0.2) is 120 Å². The Kier molecular flexibility index (Phi) is 19.3. The molecule has 0 atom stereocenters. The second-order valence-corrected chi connectivity index (χ2v) is 21.2. The summed E-state index contributed by atoms with van der Waals surface area (Å²) in [6.07, 6.45) is -38.2. The molecule has 0 aromatic heterocycles. The number of Topliss-reactive ketones (excluding diaryl/α,β-unsaturated/α-hetero) is 2. The van der Waals surface area contributed by atoms with Crippen molar-refractivity contribution in [3.05, 3.63) is 199 Å². The molecule has 0 heterocycles. The van der Waals surface area contributed by atoms with Gasteiger partial charge >= 0.3 is 48.4 Å². The van der Waals surface area contributed by atoms with E-state index in [0.717, 1.165) is 94.7 Å². The fourth-order valence-electron chi connectivity index (χ4n) is 9.06. The van der Waals surface area contributed by atoms with Crippen LogP contribution in [0.5, 0.6) is 0 Å². The molecule has 0 N–H and O–H groups in total. The lowest BCUT2D eigenvalue weighted by Crippen LogP contribution is -2.50. The van der Waals surface area contributed by atoms with Gasteiger partial charge in [-0.25, -0.2) is 26.3 Å². The third-order valence-corrected chi connectivity index (χ3v) is 14.8. The van der Waals surface area contributed by atoms with Gasteiger partial charge in [-0.3, -0.25) is 19.2 Å². The molecule has 6 aromatic rings. The molecule has 0 bridgehead atoms. The maximum absolute atomic E-state index is 15.8. The van der Waals surface area contributed by atoms with E-state index in [1.165, 1.54) is 0 Å².